The summed E-state index contributed by atoms with van der Waals surface area (Å²) in [6.45, 7) is 1.99. The van der Waals surface area contributed by atoms with E-state index in [0.717, 1.165) is 25.9 Å². The maximum atomic E-state index is 10.7. The summed E-state index contributed by atoms with van der Waals surface area (Å²) >= 11 is 0. The fourth-order valence-corrected chi connectivity index (χ4v) is 2.08. The molecule has 0 aromatic heterocycles. The number of likely N-dealkylation sites (tertiary alicyclic amines) is 1. The molecule has 1 rings (SSSR count). The fraction of sp³-hybridized carbons (Fsp3) is 0.800. The Morgan fingerprint density at radius 2 is 2.20 bits per heavy atom. The second-order valence-corrected chi connectivity index (χ2v) is 4.14. The maximum absolute atomic E-state index is 10.7. The van der Waals surface area contributed by atoms with Gasteiger partial charge in [-0.15, -0.1) is 0 Å². The molecule has 1 unspecified atom stereocenters. The van der Waals surface area contributed by atoms with Crippen molar-refractivity contribution in [1.82, 2.24) is 4.90 Å². The van der Waals surface area contributed by atoms with Gasteiger partial charge >= 0.3 is 5.97 Å². The third-order valence-corrected chi connectivity index (χ3v) is 2.75. The number of carbonyl (C=O) groups excluding carboxylic acids is 1. The number of carboxylic acid groups (broad SMARTS) is 1. The second-order valence-electron chi connectivity index (χ2n) is 4.14. The summed E-state index contributed by atoms with van der Waals surface area (Å²) in [5.74, 6) is -0.662. The van der Waals surface area contributed by atoms with E-state index >= 15 is 0 Å². The summed E-state index contributed by atoms with van der Waals surface area (Å²) < 4.78 is 0. The highest BCUT2D eigenvalue weighted by Crippen LogP contribution is 2.20. The normalized spacial score (nSPS) is 22.5. The van der Waals surface area contributed by atoms with E-state index in [-0.39, 0.29) is 12.3 Å². The van der Waals surface area contributed by atoms with E-state index in [2.05, 4.69) is 0 Å². The van der Waals surface area contributed by atoms with Crippen LogP contribution in [0.1, 0.15) is 25.7 Å². The number of primary amides is 1. The first-order valence-corrected chi connectivity index (χ1v) is 5.30. The van der Waals surface area contributed by atoms with Gasteiger partial charge < -0.3 is 10.8 Å². The number of piperidine rings is 1. The van der Waals surface area contributed by atoms with Crippen molar-refractivity contribution in [3.05, 3.63) is 0 Å². The van der Waals surface area contributed by atoms with Crippen molar-refractivity contribution >= 4 is 11.9 Å². The lowest BCUT2D eigenvalue weighted by Gasteiger charge is -2.31. The van der Waals surface area contributed by atoms with Gasteiger partial charge in [-0.2, -0.15) is 0 Å². The molecule has 1 fully saturated rings. The molecule has 0 aromatic carbocycles. The van der Waals surface area contributed by atoms with Crippen molar-refractivity contribution in [1.29, 1.82) is 0 Å². The summed E-state index contributed by atoms with van der Waals surface area (Å²) in [4.78, 5) is 23.2. The molecule has 1 heterocycles. The molecule has 15 heavy (non-hydrogen) atoms. The van der Waals surface area contributed by atoms with E-state index in [1.165, 1.54) is 0 Å². The number of aliphatic carboxylic acids is 1. The van der Waals surface area contributed by atoms with E-state index < -0.39 is 5.97 Å². The Balaban J connectivity index is 2.28. The van der Waals surface area contributed by atoms with Gasteiger partial charge in [0.2, 0.25) is 5.91 Å². The average Bonchev–Trinajstić information content (AvgIpc) is 2.14. The topological polar surface area (TPSA) is 83.6 Å². The largest absolute Gasteiger partial charge is 0.481 e. The highest BCUT2D eigenvalue weighted by atomic mass is 16.4. The number of hydrogen-bond acceptors (Lipinski definition) is 3. The summed E-state index contributed by atoms with van der Waals surface area (Å²) in [6.07, 6.45) is 3.00. The zero-order chi connectivity index (χ0) is 11.3. The zero-order valence-electron chi connectivity index (χ0n) is 8.82. The molecule has 0 aliphatic carbocycles. The Morgan fingerprint density at radius 3 is 2.80 bits per heavy atom. The van der Waals surface area contributed by atoms with Crippen LogP contribution in [0.2, 0.25) is 0 Å². The maximum Gasteiger partial charge on any atom is 0.303 e. The first kappa shape index (κ1) is 12.0. The molecule has 86 valence electrons. The molecule has 0 spiro atoms. The van der Waals surface area contributed by atoms with Crippen LogP contribution in [0.5, 0.6) is 0 Å². The monoisotopic (exact) mass is 214 g/mol. The molecule has 0 saturated carbocycles. The minimum Gasteiger partial charge on any atom is -0.481 e. The molecule has 5 nitrogen and oxygen atoms in total. The summed E-state index contributed by atoms with van der Waals surface area (Å²) in [5.41, 5.74) is 5.12. The minimum atomic E-state index is -0.748. The third-order valence-electron chi connectivity index (χ3n) is 2.75. The summed E-state index contributed by atoms with van der Waals surface area (Å²) in [7, 11) is 0. The molecular weight excluding hydrogens is 196 g/mol. The van der Waals surface area contributed by atoms with Crippen molar-refractivity contribution in [2.24, 2.45) is 11.7 Å². The van der Waals surface area contributed by atoms with Gasteiger partial charge in [0.05, 0.1) is 6.54 Å². The second kappa shape index (κ2) is 5.70. The van der Waals surface area contributed by atoms with Crippen LogP contribution in [0, 0.1) is 5.92 Å². The number of nitrogens with two attached hydrogens (primary N) is 1. The van der Waals surface area contributed by atoms with Gasteiger partial charge in [-0.3, -0.25) is 14.5 Å². The lowest BCUT2D eigenvalue weighted by atomic mass is 9.93. The van der Waals surface area contributed by atoms with Crippen molar-refractivity contribution in [3.8, 4) is 0 Å². The predicted octanol–water partition coefficient (Wildman–Crippen LogP) is 0.0485. The number of carboxylic acids is 1. The lowest BCUT2D eigenvalue weighted by molar-refractivity contribution is -0.137. The molecule has 0 bridgehead atoms. The highest BCUT2D eigenvalue weighted by Gasteiger charge is 2.21. The van der Waals surface area contributed by atoms with Crippen LogP contribution in [0.15, 0.2) is 0 Å². The van der Waals surface area contributed by atoms with Crippen molar-refractivity contribution in [2.75, 3.05) is 19.6 Å². The van der Waals surface area contributed by atoms with Crippen LogP contribution in [0.25, 0.3) is 0 Å². The van der Waals surface area contributed by atoms with Crippen LogP contribution in [0.4, 0.5) is 0 Å². The Hall–Kier alpha value is -1.10. The van der Waals surface area contributed by atoms with E-state index in [4.69, 9.17) is 10.8 Å². The summed E-state index contributed by atoms with van der Waals surface area (Å²) in [5, 5.41) is 8.57. The van der Waals surface area contributed by atoms with Gasteiger partial charge in [-0.25, -0.2) is 0 Å². The lowest BCUT2D eigenvalue weighted by Crippen LogP contribution is -2.40. The van der Waals surface area contributed by atoms with Crippen LogP contribution in [-0.4, -0.2) is 41.5 Å². The Kier molecular flexibility index (Phi) is 4.55. The van der Waals surface area contributed by atoms with Gasteiger partial charge in [0.25, 0.3) is 0 Å². The quantitative estimate of drug-likeness (QED) is 0.677. The number of hydrogen-bond donors (Lipinski definition) is 2. The Bertz CT molecular complexity index is 243. The molecule has 5 heteroatoms. The zero-order valence-corrected chi connectivity index (χ0v) is 8.82. The minimum absolute atomic E-state index is 0.217. The van der Waals surface area contributed by atoms with Gasteiger partial charge in [-0.05, 0) is 31.7 Å². The van der Waals surface area contributed by atoms with Gasteiger partial charge in [0.1, 0.15) is 0 Å². The SMILES string of the molecule is NC(=O)CN1CCCC(CCC(=O)O)C1. The first-order chi connectivity index (χ1) is 7.08. The number of nitrogens with zero attached hydrogens (tertiary/aromatic N) is 1. The molecule has 0 radical (unpaired) electrons. The molecule has 0 aromatic rings. The van der Waals surface area contributed by atoms with Gasteiger partial charge in [-0.1, -0.05) is 0 Å². The molecule has 1 aliphatic heterocycles. The predicted molar refractivity (Wildman–Crippen MR) is 55.2 cm³/mol. The van der Waals surface area contributed by atoms with Crippen LogP contribution >= 0.6 is 0 Å². The van der Waals surface area contributed by atoms with Crippen molar-refractivity contribution in [3.63, 3.8) is 0 Å². The van der Waals surface area contributed by atoms with Crippen molar-refractivity contribution < 1.29 is 14.7 Å². The summed E-state index contributed by atoms with van der Waals surface area (Å²) in [6, 6.07) is 0. The van der Waals surface area contributed by atoms with E-state index in [0.29, 0.717) is 18.9 Å². The van der Waals surface area contributed by atoms with Crippen molar-refractivity contribution in [2.45, 2.75) is 25.7 Å². The van der Waals surface area contributed by atoms with Crippen LogP contribution in [0.3, 0.4) is 0 Å². The van der Waals surface area contributed by atoms with Gasteiger partial charge in [0.15, 0.2) is 0 Å². The van der Waals surface area contributed by atoms with Crippen LogP contribution in [-0.2, 0) is 9.59 Å². The fourth-order valence-electron chi connectivity index (χ4n) is 2.08. The van der Waals surface area contributed by atoms with E-state index in [1.54, 1.807) is 0 Å². The Morgan fingerprint density at radius 1 is 1.47 bits per heavy atom. The van der Waals surface area contributed by atoms with E-state index in [1.807, 2.05) is 4.90 Å². The number of rotatable bonds is 5. The molecular formula is C10H18N2O3. The van der Waals surface area contributed by atoms with Crippen LogP contribution < -0.4 is 5.73 Å². The molecule has 1 saturated heterocycles. The highest BCUT2D eigenvalue weighted by molar-refractivity contribution is 5.75. The molecule has 1 atom stereocenters. The number of carbonyl (C=O) groups is 2. The third kappa shape index (κ3) is 4.78. The standard InChI is InChI=1S/C10H18N2O3/c11-9(13)7-12-5-1-2-8(6-12)3-4-10(14)15/h8H,1-7H2,(H2,11,13)(H,14,15). The molecule has 3 N–H and O–H groups in total. The van der Waals surface area contributed by atoms with Gasteiger partial charge in [0, 0.05) is 13.0 Å². The number of amides is 1. The molecule has 1 amide bonds. The first-order valence-electron chi connectivity index (χ1n) is 5.30. The Labute approximate surface area is 89.2 Å². The average molecular weight is 214 g/mol. The molecule has 1 aliphatic rings. The van der Waals surface area contributed by atoms with E-state index in [9.17, 15) is 9.59 Å². The smallest absolute Gasteiger partial charge is 0.303 e.